The van der Waals surface area contributed by atoms with Gasteiger partial charge in [-0.2, -0.15) is 4.98 Å². The van der Waals surface area contributed by atoms with Gasteiger partial charge in [0.15, 0.2) is 0 Å². The molecule has 0 aliphatic carbocycles. The van der Waals surface area contributed by atoms with Crippen molar-refractivity contribution in [3.05, 3.63) is 6.33 Å². The summed E-state index contributed by atoms with van der Waals surface area (Å²) in [6, 6.07) is 0. The van der Waals surface area contributed by atoms with Crippen LogP contribution >= 0.6 is 0 Å². The van der Waals surface area contributed by atoms with Crippen LogP contribution in [0.3, 0.4) is 0 Å². The van der Waals surface area contributed by atoms with Crippen LogP contribution in [0.15, 0.2) is 6.33 Å². The summed E-state index contributed by atoms with van der Waals surface area (Å²) in [7, 11) is 0. The number of nitrogens with two attached hydrogens (primary N) is 1. The molecule has 8 nitrogen and oxygen atoms in total. The largest absolute Gasteiger partial charge is 0.481 e. The molecule has 0 fully saturated rings. The van der Waals surface area contributed by atoms with Crippen LogP contribution in [0.2, 0.25) is 0 Å². The first-order valence-corrected chi connectivity index (χ1v) is 6.81. The van der Waals surface area contributed by atoms with Gasteiger partial charge in [-0.15, -0.1) is 0 Å². The highest BCUT2D eigenvalue weighted by atomic mass is 16.4. The van der Waals surface area contributed by atoms with Crippen LogP contribution in [-0.4, -0.2) is 45.7 Å². The molecule has 0 aliphatic rings. The SMILES string of the molecule is CC.CC.NCCNc1ncnc(NCCC(=O)O)n1. The molecule has 0 unspecified atom stereocenters. The maximum atomic E-state index is 10.3. The average molecular weight is 286 g/mol. The van der Waals surface area contributed by atoms with Crippen molar-refractivity contribution >= 4 is 17.9 Å². The van der Waals surface area contributed by atoms with Crippen molar-refractivity contribution in [1.82, 2.24) is 15.0 Å². The molecule has 20 heavy (non-hydrogen) atoms. The first kappa shape index (κ1) is 20.4. The Morgan fingerprint density at radius 1 is 1.15 bits per heavy atom. The summed E-state index contributed by atoms with van der Waals surface area (Å²) in [6.45, 7) is 9.32. The highest BCUT2D eigenvalue weighted by Gasteiger charge is 2.00. The van der Waals surface area contributed by atoms with Gasteiger partial charge in [-0.3, -0.25) is 4.79 Å². The summed E-state index contributed by atoms with van der Waals surface area (Å²) < 4.78 is 0. The number of rotatable bonds is 7. The standard InChI is InChI=1S/C8H14N6O2.2C2H6/c9-2-4-11-8-13-5-12-7(14-8)10-3-1-6(15)16;2*1-2/h5H,1-4,9H2,(H,15,16)(H2,10,11,12,13,14);2*1-2H3. The number of anilines is 2. The number of carboxylic acid groups (broad SMARTS) is 1. The summed E-state index contributed by atoms with van der Waals surface area (Å²) in [6.07, 6.45) is 1.35. The molecule has 0 amide bonds. The second-order valence-corrected chi connectivity index (χ2v) is 2.92. The van der Waals surface area contributed by atoms with E-state index in [9.17, 15) is 4.79 Å². The maximum absolute atomic E-state index is 10.3. The molecule has 1 aromatic heterocycles. The predicted octanol–water partition coefficient (Wildman–Crippen LogP) is 1.18. The number of aromatic nitrogens is 3. The van der Waals surface area contributed by atoms with Gasteiger partial charge in [0, 0.05) is 19.6 Å². The zero-order valence-corrected chi connectivity index (χ0v) is 12.7. The van der Waals surface area contributed by atoms with E-state index in [0.29, 0.717) is 25.0 Å². The van der Waals surface area contributed by atoms with E-state index in [1.807, 2.05) is 27.7 Å². The van der Waals surface area contributed by atoms with Crippen LogP contribution < -0.4 is 16.4 Å². The van der Waals surface area contributed by atoms with Crippen LogP contribution in [0.4, 0.5) is 11.9 Å². The van der Waals surface area contributed by atoms with Gasteiger partial charge < -0.3 is 21.5 Å². The number of carbonyl (C=O) groups is 1. The number of carboxylic acids is 1. The first-order valence-electron chi connectivity index (χ1n) is 6.81. The van der Waals surface area contributed by atoms with Crippen LogP contribution in [0, 0.1) is 0 Å². The Hall–Kier alpha value is -1.96. The van der Waals surface area contributed by atoms with Gasteiger partial charge in [0.25, 0.3) is 0 Å². The molecule has 0 aromatic carbocycles. The molecular weight excluding hydrogens is 260 g/mol. The normalized spacial score (nSPS) is 8.45. The summed E-state index contributed by atoms with van der Waals surface area (Å²) in [5.74, 6) is -0.114. The minimum absolute atomic E-state index is 0.0112. The van der Waals surface area contributed by atoms with Crippen molar-refractivity contribution in [1.29, 1.82) is 0 Å². The molecule has 0 aliphatic heterocycles. The van der Waals surface area contributed by atoms with Crippen molar-refractivity contribution in [3.8, 4) is 0 Å². The summed E-state index contributed by atoms with van der Waals surface area (Å²) in [5, 5.41) is 14.1. The van der Waals surface area contributed by atoms with E-state index in [4.69, 9.17) is 10.8 Å². The maximum Gasteiger partial charge on any atom is 0.305 e. The molecule has 0 bridgehead atoms. The molecule has 116 valence electrons. The molecule has 0 spiro atoms. The fourth-order valence-corrected chi connectivity index (χ4v) is 0.932. The Kier molecular flexibility index (Phi) is 15.4. The second kappa shape index (κ2) is 15.1. The van der Waals surface area contributed by atoms with Gasteiger partial charge >= 0.3 is 5.97 Å². The Balaban J connectivity index is 0. The van der Waals surface area contributed by atoms with Crippen LogP contribution in [0.1, 0.15) is 34.1 Å². The molecule has 0 radical (unpaired) electrons. The molecule has 1 rings (SSSR count). The highest BCUT2D eigenvalue weighted by Crippen LogP contribution is 2.00. The summed E-state index contributed by atoms with van der Waals surface area (Å²) in [5.41, 5.74) is 5.31. The van der Waals surface area contributed by atoms with Crippen LogP contribution in [0.5, 0.6) is 0 Å². The highest BCUT2D eigenvalue weighted by molar-refractivity contribution is 5.67. The quantitative estimate of drug-likeness (QED) is 0.588. The van der Waals surface area contributed by atoms with E-state index in [1.54, 1.807) is 0 Å². The zero-order chi connectivity index (χ0) is 15.8. The Morgan fingerprint density at radius 2 is 1.65 bits per heavy atom. The minimum Gasteiger partial charge on any atom is -0.481 e. The van der Waals surface area contributed by atoms with Crippen molar-refractivity contribution in [2.75, 3.05) is 30.3 Å². The lowest BCUT2D eigenvalue weighted by atomic mass is 10.4. The van der Waals surface area contributed by atoms with Gasteiger partial charge in [0.2, 0.25) is 11.9 Å². The van der Waals surface area contributed by atoms with Gasteiger partial charge in [-0.25, -0.2) is 9.97 Å². The van der Waals surface area contributed by atoms with E-state index in [2.05, 4.69) is 25.6 Å². The van der Waals surface area contributed by atoms with E-state index in [1.165, 1.54) is 6.33 Å². The number of nitrogens with one attached hydrogen (secondary N) is 2. The number of aliphatic carboxylic acids is 1. The zero-order valence-electron chi connectivity index (χ0n) is 12.7. The topological polar surface area (TPSA) is 126 Å². The lowest BCUT2D eigenvalue weighted by Gasteiger charge is -2.05. The van der Waals surface area contributed by atoms with Crippen molar-refractivity contribution in [3.63, 3.8) is 0 Å². The van der Waals surface area contributed by atoms with Crippen molar-refractivity contribution in [2.45, 2.75) is 34.1 Å². The van der Waals surface area contributed by atoms with Gasteiger partial charge in [0.1, 0.15) is 6.33 Å². The monoisotopic (exact) mass is 286 g/mol. The fourth-order valence-electron chi connectivity index (χ4n) is 0.932. The fraction of sp³-hybridized carbons (Fsp3) is 0.667. The third kappa shape index (κ3) is 11.1. The number of hydrogen-bond acceptors (Lipinski definition) is 7. The van der Waals surface area contributed by atoms with Gasteiger partial charge in [0.05, 0.1) is 6.42 Å². The average Bonchev–Trinajstić information content (AvgIpc) is 2.49. The lowest BCUT2D eigenvalue weighted by molar-refractivity contribution is -0.136. The summed E-state index contributed by atoms with van der Waals surface area (Å²) >= 11 is 0. The molecule has 8 heteroatoms. The molecule has 1 heterocycles. The third-order valence-corrected chi connectivity index (χ3v) is 1.62. The number of nitrogens with zero attached hydrogens (tertiary/aromatic N) is 3. The molecular formula is C12H26N6O2. The molecule has 5 N–H and O–H groups in total. The molecule has 1 aromatic rings. The Morgan fingerprint density at radius 3 is 2.10 bits per heavy atom. The molecule has 0 atom stereocenters. The number of hydrogen-bond donors (Lipinski definition) is 4. The molecule has 0 saturated carbocycles. The minimum atomic E-state index is -0.872. The van der Waals surface area contributed by atoms with E-state index < -0.39 is 5.97 Å². The third-order valence-electron chi connectivity index (χ3n) is 1.62. The van der Waals surface area contributed by atoms with Crippen LogP contribution in [-0.2, 0) is 4.79 Å². The lowest BCUT2D eigenvalue weighted by Crippen LogP contribution is -2.16. The van der Waals surface area contributed by atoms with Crippen molar-refractivity contribution in [2.24, 2.45) is 5.73 Å². The predicted molar refractivity (Wildman–Crippen MR) is 80.8 cm³/mol. The van der Waals surface area contributed by atoms with Gasteiger partial charge in [-0.05, 0) is 0 Å². The van der Waals surface area contributed by atoms with E-state index >= 15 is 0 Å². The molecule has 0 saturated heterocycles. The van der Waals surface area contributed by atoms with Crippen molar-refractivity contribution < 1.29 is 9.90 Å². The Bertz CT molecular complexity index is 348. The first-order chi connectivity index (χ1) is 9.72. The van der Waals surface area contributed by atoms with E-state index in [-0.39, 0.29) is 13.0 Å². The Labute approximate surface area is 120 Å². The smallest absolute Gasteiger partial charge is 0.305 e. The second-order valence-electron chi connectivity index (χ2n) is 2.92. The van der Waals surface area contributed by atoms with Crippen LogP contribution in [0.25, 0.3) is 0 Å². The summed E-state index contributed by atoms with van der Waals surface area (Å²) in [4.78, 5) is 22.0. The van der Waals surface area contributed by atoms with Gasteiger partial charge in [-0.1, -0.05) is 27.7 Å². The van der Waals surface area contributed by atoms with E-state index in [0.717, 1.165) is 0 Å².